The molecule has 3 aliphatic heterocycles. The van der Waals surface area contributed by atoms with Crippen LogP contribution in [-0.4, -0.2) is 36.4 Å². The predicted molar refractivity (Wildman–Crippen MR) is 173 cm³/mol. The number of aryl methyl sites for hydroxylation is 1. The average molecular weight is 562 g/mol. The summed E-state index contributed by atoms with van der Waals surface area (Å²) in [4.78, 5) is 15.6. The van der Waals surface area contributed by atoms with Gasteiger partial charge in [-0.2, -0.15) is 4.58 Å². The van der Waals surface area contributed by atoms with Crippen LogP contribution in [0.4, 0.5) is 11.4 Å². The van der Waals surface area contributed by atoms with Crippen molar-refractivity contribution in [3.63, 3.8) is 0 Å². The average Bonchev–Trinajstić information content (AvgIpc) is 3.14. The van der Waals surface area contributed by atoms with Gasteiger partial charge in [-0.25, -0.2) is 4.79 Å². The van der Waals surface area contributed by atoms with Gasteiger partial charge in [0.1, 0.15) is 12.8 Å². The number of nitrogens with zero attached hydrogens (tertiary/aromatic N) is 2. The fraction of sp³-hybridized carbons (Fsp3) is 0.421. The monoisotopic (exact) mass is 561 g/mol. The van der Waals surface area contributed by atoms with Crippen LogP contribution < -0.4 is 9.64 Å². The molecule has 0 N–H and O–H groups in total. The number of carbonyl (C=O) groups is 1. The van der Waals surface area contributed by atoms with Gasteiger partial charge in [-0.1, -0.05) is 64.1 Å². The maximum atomic E-state index is 12.9. The van der Waals surface area contributed by atoms with E-state index in [0.29, 0.717) is 11.3 Å². The van der Waals surface area contributed by atoms with E-state index in [4.69, 9.17) is 4.74 Å². The molecule has 0 atom stereocenters. The van der Waals surface area contributed by atoms with Crippen LogP contribution >= 0.6 is 0 Å². The number of para-hydroxylation sites is 1. The molecule has 3 aromatic carbocycles. The summed E-state index contributed by atoms with van der Waals surface area (Å²) in [7, 11) is 2.12. The van der Waals surface area contributed by atoms with Crippen molar-refractivity contribution < 1.29 is 14.1 Å². The molecule has 0 unspecified atom stereocenters. The fourth-order valence-electron chi connectivity index (χ4n) is 7.21. The first-order chi connectivity index (χ1) is 19.9. The molecule has 0 bridgehead atoms. The summed E-state index contributed by atoms with van der Waals surface area (Å²) in [6.45, 7) is 16.5. The van der Waals surface area contributed by atoms with E-state index in [1.54, 1.807) is 23.3 Å². The number of hydrogen-bond acceptors (Lipinski definition) is 3. The second-order valence-corrected chi connectivity index (χ2v) is 14.2. The van der Waals surface area contributed by atoms with E-state index >= 15 is 0 Å². The third kappa shape index (κ3) is 4.89. The number of ether oxygens (including phenoxy) is 1. The number of fused-ring (bicyclic) bond motifs is 1. The molecule has 4 nitrogen and oxygen atoms in total. The molecule has 6 rings (SSSR count). The second-order valence-electron chi connectivity index (χ2n) is 14.2. The highest BCUT2D eigenvalue weighted by molar-refractivity contribution is 6.03. The first-order valence-electron chi connectivity index (χ1n) is 15.5. The Hall–Kier alpha value is -3.66. The van der Waals surface area contributed by atoms with Crippen LogP contribution in [0.5, 0.6) is 5.75 Å². The zero-order valence-corrected chi connectivity index (χ0v) is 26.4. The molecule has 0 saturated carbocycles. The van der Waals surface area contributed by atoms with Crippen molar-refractivity contribution in [2.45, 2.75) is 83.5 Å². The first-order valence-corrected chi connectivity index (χ1v) is 15.5. The van der Waals surface area contributed by atoms with Crippen LogP contribution in [0.2, 0.25) is 0 Å². The van der Waals surface area contributed by atoms with E-state index in [0.717, 1.165) is 24.1 Å². The molecule has 42 heavy (non-hydrogen) atoms. The topological polar surface area (TPSA) is 32.5 Å². The Labute approximate surface area is 251 Å². The molecule has 218 valence electrons. The van der Waals surface area contributed by atoms with E-state index in [9.17, 15) is 4.79 Å². The Morgan fingerprint density at radius 2 is 1.52 bits per heavy atom. The van der Waals surface area contributed by atoms with Crippen molar-refractivity contribution >= 4 is 23.1 Å². The lowest BCUT2D eigenvalue weighted by molar-refractivity contribution is -0.401. The summed E-state index contributed by atoms with van der Waals surface area (Å²) in [6.07, 6.45) is 9.08. The molecule has 0 radical (unpaired) electrons. The number of carbonyl (C=O) groups excluding carboxylic acids is 1. The van der Waals surface area contributed by atoms with Crippen LogP contribution in [0.25, 0.3) is 0 Å². The minimum absolute atomic E-state index is 0.213. The maximum absolute atomic E-state index is 12.9. The molecular formula is C38H45N2O2+. The smallest absolute Gasteiger partial charge is 0.343 e. The molecular weight excluding hydrogens is 516 g/mol. The third-order valence-electron chi connectivity index (χ3n) is 10.1. The van der Waals surface area contributed by atoms with Crippen molar-refractivity contribution in [1.29, 1.82) is 0 Å². The molecule has 0 aromatic heterocycles. The maximum Gasteiger partial charge on any atom is 0.343 e. The van der Waals surface area contributed by atoms with Gasteiger partial charge in [-0.15, -0.1) is 0 Å². The molecule has 4 heteroatoms. The Bertz CT molecular complexity index is 1570. The normalized spacial score (nSPS) is 19.5. The van der Waals surface area contributed by atoms with E-state index in [2.05, 4.69) is 82.4 Å². The van der Waals surface area contributed by atoms with Crippen molar-refractivity contribution in [3.8, 4) is 5.75 Å². The molecule has 3 aromatic rings. The molecule has 0 aliphatic carbocycles. The molecule has 0 fully saturated rings. The Morgan fingerprint density at radius 3 is 2.17 bits per heavy atom. The fourth-order valence-corrected chi connectivity index (χ4v) is 7.21. The number of allylic oxidation sites excluding steroid dienone is 2. The zero-order chi connectivity index (χ0) is 29.9. The van der Waals surface area contributed by atoms with Crippen molar-refractivity contribution in [1.82, 2.24) is 0 Å². The van der Waals surface area contributed by atoms with Crippen molar-refractivity contribution in [2.75, 3.05) is 25.0 Å². The van der Waals surface area contributed by atoms with E-state index in [1.807, 2.05) is 36.4 Å². The van der Waals surface area contributed by atoms with Gasteiger partial charge in [0.2, 0.25) is 5.69 Å². The van der Waals surface area contributed by atoms with Gasteiger partial charge in [-0.05, 0) is 91.3 Å². The summed E-state index contributed by atoms with van der Waals surface area (Å²) in [5, 5.41) is 0. The van der Waals surface area contributed by atoms with Crippen LogP contribution in [0.3, 0.4) is 0 Å². The standard InChI is InChI=1S/C38H45N2O2/c1-36(2)19-21-40-22-20-37(3,4)31-24-26(23-30(36)34(31)40)13-11-12-16-33-38(5,6)29-25-27(17-18-32(29)39(33)7)35(41)42-28-14-9-8-10-15-28/h8-10,12,14-18,23-25H,11,13,19-22H2,1-7H3/q+1/b16-12+. The second kappa shape index (κ2) is 10.3. The summed E-state index contributed by atoms with van der Waals surface area (Å²) >= 11 is 0. The summed E-state index contributed by atoms with van der Waals surface area (Å²) in [5.41, 5.74) is 10.4. The highest BCUT2D eigenvalue weighted by Crippen LogP contribution is 2.49. The number of rotatable bonds is 6. The van der Waals surface area contributed by atoms with Gasteiger partial charge < -0.3 is 9.64 Å². The minimum Gasteiger partial charge on any atom is -0.423 e. The minimum atomic E-state index is -0.329. The van der Waals surface area contributed by atoms with Crippen LogP contribution in [0.1, 0.15) is 93.4 Å². The molecule has 3 heterocycles. The number of benzene rings is 3. The number of anilines is 1. The van der Waals surface area contributed by atoms with E-state index in [-0.39, 0.29) is 22.2 Å². The Balaban J connectivity index is 1.20. The highest BCUT2D eigenvalue weighted by atomic mass is 16.5. The summed E-state index contributed by atoms with van der Waals surface area (Å²) in [6, 6.07) is 20.2. The van der Waals surface area contributed by atoms with Gasteiger partial charge in [0.25, 0.3) is 0 Å². The van der Waals surface area contributed by atoms with Gasteiger partial charge in [0.15, 0.2) is 5.71 Å². The molecule has 0 spiro atoms. The first kappa shape index (κ1) is 28.5. The lowest BCUT2D eigenvalue weighted by Crippen LogP contribution is -2.44. The Kier molecular flexibility index (Phi) is 6.95. The lowest BCUT2D eigenvalue weighted by Gasteiger charge is -2.48. The van der Waals surface area contributed by atoms with Gasteiger partial charge >= 0.3 is 5.97 Å². The van der Waals surface area contributed by atoms with Gasteiger partial charge in [0.05, 0.1) is 11.0 Å². The van der Waals surface area contributed by atoms with Gasteiger partial charge in [-0.3, -0.25) is 0 Å². The van der Waals surface area contributed by atoms with Gasteiger partial charge in [0, 0.05) is 36.5 Å². The molecule has 3 aliphatic rings. The summed E-state index contributed by atoms with van der Waals surface area (Å²) < 4.78 is 7.88. The van der Waals surface area contributed by atoms with Crippen LogP contribution in [-0.2, 0) is 22.7 Å². The zero-order valence-electron chi connectivity index (χ0n) is 26.4. The van der Waals surface area contributed by atoms with Crippen molar-refractivity contribution in [2.24, 2.45) is 0 Å². The van der Waals surface area contributed by atoms with E-state index in [1.165, 1.54) is 42.9 Å². The van der Waals surface area contributed by atoms with Crippen LogP contribution in [0.15, 0.2) is 72.8 Å². The predicted octanol–water partition coefficient (Wildman–Crippen LogP) is 8.27. The molecule has 0 amide bonds. The Morgan fingerprint density at radius 1 is 0.881 bits per heavy atom. The number of hydrogen-bond donors (Lipinski definition) is 0. The largest absolute Gasteiger partial charge is 0.423 e. The molecule has 0 saturated heterocycles. The van der Waals surface area contributed by atoms with E-state index < -0.39 is 0 Å². The highest BCUT2D eigenvalue weighted by Gasteiger charge is 2.43. The third-order valence-corrected chi connectivity index (χ3v) is 10.1. The number of esters is 1. The van der Waals surface area contributed by atoms with Crippen molar-refractivity contribution in [3.05, 3.63) is 101 Å². The SMILES string of the molecule is C[N+]1=C(/C=C/CCc2cc3c4c(c2)C(C)(C)CCN4CCC3(C)C)C(C)(C)c2cc(C(=O)Oc3ccccc3)ccc21. The quantitative estimate of drug-likeness (QED) is 0.172. The summed E-state index contributed by atoms with van der Waals surface area (Å²) in [5.74, 6) is 0.229. The van der Waals surface area contributed by atoms with Crippen LogP contribution in [0, 0.1) is 0 Å². The lowest BCUT2D eigenvalue weighted by atomic mass is 9.69.